The van der Waals surface area contributed by atoms with Crippen molar-refractivity contribution in [3.63, 3.8) is 0 Å². The lowest BCUT2D eigenvalue weighted by molar-refractivity contribution is 0.669. The molecule has 0 radical (unpaired) electrons. The first-order chi connectivity index (χ1) is 28.2. The van der Waals surface area contributed by atoms with E-state index in [1.54, 1.807) is 0 Å². The predicted octanol–water partition coefficient (Wildman–Crippen LogP) is 15.9. The Balaban J connectivity index is 0.994. The predicted molar refractivity (Wildman–Crippen MR) is 244 cm³/mol. The van der Waals surface area contributed by atoms with Gasteiger partial charge in [-0.3, -0.25) is 0 Å². The zero-order valence-corrected chi connectivity index (χ0v) is 32.2. The number of thiophene rings is 2. The topological polar surface area (TPSA) is 21.3 Å². The molecule has 4 aromatic heterocycles. The van der Waals surface area contributed by atoms with Crippen molar-refractivity contribution in [1.29, 1.82) is 0 Å². The van der Waals surface area contributed by atoms with Crippen LogP contribution in [0.15, 0.2) is 199 Å². The number of aromatic nitrogens is 1. The first kappa shape index (κ1) is 32.3. The first-order valence-corrected chi connectivity index (χ1v) is 20.8. The van der Waals surface area contributed by atoms with E-state index in [1.807, 2.05) is 34.8 Å². The van der Waals surface area contributed by atoms with E-state index in [2.05, 4.69) is 191 Å². The van der Waals surface area contributed by atoms with Crippen LogP contribution in [-0.4, -0.2) is 4.57 Å². The molecule has 0 atom stereocenters. The number of hydrogen-bond donors (Lipinski definition) is 0. The van der Waals surface area contributed by atoms with E-state index < -0.39 is 0 Å². The number of rotatable bonds is 6. The Labute approximate surface area is 336 Å². The summed E-state index contributed by atoms with van der Waals surface area (Å²) >= 11 is 3.80. The third kappa shape index (κ3) is 5.17. The van der Waals surface area contributed by atoms with Crippen LogP contribution in [0.2, 0.25) is 0 Å². The Morgan fingerprint density at radius 2 is 0.895 bits per heavy atom. The van der Waals surface area contributed by atoms with Crippen molar-refractivity contribution in [3.8, 4) is 27.9 Å². The van der Waals surface area contributed by atoms with Gasteiger partial charge in [-0.25, -0.2) is 0 Å². The minimum absolute atomic E-state index is 0.903. The fourth-order valence-corrected chi connectivity index (χ4v) is 11.1. The lowest BCUT2D eigenvalue weighted by Gasteiger charge is -2.26. The largest absolute Gasteiger partial charge is 0.456 e. The van der Waals surface area contributed by atoms with E-state index >= 15 is 0 Å². The van der Waals surface area contributed by atoms with Gasteiger partial charge in [0.2, 0.25) is 0 Å². The van der Waals surface area contributed by atoms with Gasteiger partial charge in [0, 0.05) is 53.7 Å². The molecule has 268 valence electrons. The molecule has 0 aliphatic rings. The standard InChI is InChI=1S/C52H32N2OS2/c1-2-11-33(12-3-1)35-13-10-14-40(31-35)53(37-24-21-34(22-25-37)36-23-30-42-41-15-4-7-18-45(41)55-46(42)32-36)38-26-28-39(29-27-38)54-49-43-16-5-8-19-47(43)56-51(49)52-50(54)44-17-6-9-20-48(44)57-52/h1-32H. The summed E-state index contributed by atoms with van der Waals surface area (Å²) in [5.74, 6) is 0. The molecule has 0 fully saturated rings. The Bertz CT molecular complexity index is 3370. The third-order valence-corrected chi connectivity index (χ3v) is 13.7. The van der Waals surface area contributed by atoms with Gasteiger partial charge in [0.25, 0.3) is 0 Å². The zero-order valence-electron chi connectivity index (χ0n) is 30.6. The molecule has 0 spiro atoms. The molecule has 8 aromatic carbocycles. The summed E-state index contributed by atoms with van der Waals surface area (Å²) in [6, 6.07) is 69.9. The van der Waals surface area contributed by atoms with Crippen LogP contribution in [0.25, 0.3) is 90.5 Å². The van der Waals surface area contributed by atoms with Crippen LogP contribution in [-0.2, 0) is 0 Å². The first-order valence-electron chi connectivity index (χ1n) is 19.2. The van der Waals surface area contributed by atoms with E-state index in [-0.39, 0.29) is 0 Å². The molecular formula is C52H32N2OS2. The number of fused-ring (bicyclic) bond motifs is 10. The summed E-state index contributed by atoms with van der Waals surface area (Å²) in [5, 5.41) is 4.88. The second kappa shape index (κ2) is 12.8. The van der Waals surface area contributed by atoms with Gasteiger partial charge in [0.15, 0.2) is 0 Å². The minimum Gasteiger partial charge on any atom is -0.456 e. The van der Waals surface area contributed by atoms with Gasteiger partial charge in [-0.05, 0) is 101 Å². The maximum Gasteiger partial charge on any atom is 0.136 e. The number of nitrogens with zero attached hydrogens (tertiary/aromatic N) is 2. The maximum atomic E-state index is 6.25. The van der Waals surface area contributed by atoms with Crippen LogP contribution in [0.4, 0.5) is 17.1 Å². The van der Waals surface area contributed by atoms with E-state index in [9.17, 15) is 0 Å². The molecule has 0 unspecified atom stereocenters. The van der Waals surface area contributed by atoms with E-state index in [0.717, 1.165) is 55.8 Å². The number of benzene rings is 8. The average Bonchev–Trinajstić information content (AvgIpc) is 4.03. The molecule has 3 nitrogen and oxygen atoms in total. The van der Waals surface area contributed by atoms with Crippen molar-refractivity contribution in [2.75, 3.05) is 4.90 Å². The van der Waals surface area contributed by atoms with E-state index in [1.165, 1.54) is 51.7 Å². The summed E-state index contributed by atoms with van der Waals surface area (Å²) in [6.45, 7) is 0. The SMILES string of the molecule is c1ccc(-c2cccc(N(c3ccc(-c4ccc5c(c4)oc4ccccc45)cc3)c3ccc(-n4c5c6ccccc6sc5c5sc6ccccc6c54)cc3)c2)cc1. The Hall–Kier alpha value is -6.92. The highest BCUT2D eigenvalue weighted by Crippen LogP contribution is 2.48. The quantitative estimate of drug-likeness (QED) is 0.168. The van der Waals surface area contributed by atoms with Gasteiger partial charge in [0.1, 0.15) is 11.2 Å². The lowest BCUT2D eigenvalue weighted by Crippen LogP contribution is -2.10. The van der Waals surface area contributed by atoms with Crippen molar-refractivity contribution in [3.05, 3.63) is 194 Å². The molecule has 12 aromatic rings. The average molecular weight is 765 g/mol. The molecule has 0 aliphatic carbocycles. The molecule has 0 saturated carbocycles. The van der Waals surface area contributed by atoms with Crippen LogP contribution in [0.5, 0.6) is 0 Å². The zero-order chi connectivity index (χ0) is 37.5. The van der Waals surface area contributed by atoms with Crippen LogP contribution < -0.4 is 4.90 Å². The Kier molecular flexibility index (Phi) is 7.27. The Morgan fingerprint density at radius 1 is 0.368 bits per heavy atom. The van der Waals surface area contributed by atoms with Crippen LogP contribution in [0, 0.1) is 0 Å². The summed E-state index contributed by atoms with van der Waals surface area (Å²) in [5.41, 5.74) is 13.5. The lowest BCUT2D eigenvalue weighted by atomic mass is 10.0. The van der Waals surface area contributed by atoms with Gasteiger partial charge in [-0.2, -0.15) is 0 Å². The minimum atomic E-state index is 0.903. The van der Waals surface area contributed by atoms with Crippen molar-refractivity contribution in [1.82, 2.24) is 4.57 Å². The Morgan fingerprint density at radius 3 is 1.60 bits per heavy atom. The van der Waals surface area contributed by atoms with Gasteiger partial charge in [-0.15, -0.1) is 22.7 Å². The second-order valence-corrected chi connectivity index (χ2v) is 16.6. The summed E-state index contributed by atoms with van der Waals surface area (Å²) in [7, 11) is 0. The molecule has 4 heterocycles. The molecule has 57 heavy (non-hydrogen) atoms. The molecule has 0 N–H and O–H groups in total. The molecule has 0 bridgehead atoms. The van der Waals surface area contributed by atoms with Gasteiger partial charge in [0.05, 0.1) is 20.4 Å². The smallest absolute Gasteiger partial charge is 0.136 e. The molecule has 12 rings (SSSR count). The van der Waals surface area contributed by atoms with Gasteiger partial charge in [-0.1, -0.05) is 115 Å². The molecule has 5 heteroatoms. The summed E-state index contributed by atoms with van der Waals surface area (Å²) in [4.78, 5) is 2.36. The number of hydrogen-bond acceptors (Lipinski definition) is 4. The van der Waals surface area contributed by atoms with Crippen molar-refractivity contribution < 1.29 is 4.42 Å². The number of furan rings is 1. The highest BCUT2D eigenvalue weighted by atomic mass is 32.1. The van der Waals surface area contributed by atoms with Crippen LogP contribution >= 0.6 is 22.7 Å². The number of anilines is 3. The molecule has 0 saturated heterocycles. The second-order valence-electron chi connectivity index (χ2n) is 14.5. The number of para-hydroxylation sites is 1. The molecule has 0 aliphatic heterocycles. The van der Waals surface area contributed by atoms with Crippen LogP contribution in [0.1, 0.15) is 0 Å². The van der Waals surface area contributed by atoms with Gasteiger partial charge >= 0.3 is 0 Å². The summed E-state index contributed by atoms with van der Waals surface area (Å²) in [6.07, 6.45) is 0. The van der Waals surface area contributed by atoms with E-state index in [0.29, 0.717) is 0 Å². The van der Waals surface area contributed by atoms with Gasteiger partial charge < -0.3 is 13.9 Å². The van der Waals surface area contributed by atoms with Crippen molar-refractivity contribution in [2.24, 2.45) is 0 Å². The normalized spacial score (nSPS) is 11.9. The fraction of sp³-hybridized carbons (Fsp3) is 0. The highest BCUT2D eigenvalue weighted by molar-refractivity contribution is 7.33. The molecular weight excluding hydrogens is 733 g/mol. The summed E-state index contributed by atoms with van der Waals surface area (Å²) < 4.78 is 14.1. The maximum absolute atomic E-state index is 6.25. The monoisotopic (exact) mass is 764 g/mol. The molecule has 0 amide bonds. The van der Waals surface area contributed by atoms with Crippen molar-refractivity contribution >= 4 is 102 Å². The fourth-order valence-electron chi connectivity index (χ4n) is 8.55. The highest BCUT2D eigenvalue weighted by Gasteiger charge is 2.22. The van der Waals surface area contributed by atoms with Crippen LogP contribution in [0.3, 0.4) is 0 Å². The van der Waals surface area contributed by atoms with E-state index in [4.69, 9.17) is 4.42 Å². The third-order valence-electron chi connectivity index (χ3n) is 11.2. The van der Waals surface area contributed by atoms with Crippen molar-refractivity contribution in [2.45, 2.75) is 0 Å².